The maximum atomic E-state index is 13.0. The zero-order valence-corrected chi connectivity index (χ0v) is 18.7. The second-order valence-corrected chi connectivity index (χ2v) is 8.68. The third kappa shape index (κ3) is 3.22. The van der Waals surface area contributed by atoms with Gasteiger partial charge in [0.1, 0.15) is 21.6 Å². The highest BCUT2D eigenvalue weighted by Gasteiger charge is 2.32. The highest BCUT2D eigenvalue weighted by atomic mass is 32.1. The summed E-state index contributed by atoms with van der Waals surface area (Å²) in [6.45, 7) is 3.39. The Balaban J connectivity index is 1.79. The average Bonchev–Trinajstić information content (AvgIpc) is 3.17. The number of ether oxygens (including phenoxy) is 1. The minimum absolute atomic E-state index is 0.0671. The molecule has 1 amide bonds. The number of aromatic nitrogens is 1. The number of rotatable bonds is 4. The van der Waals surface area contributed by atoms with Crippen molar-refractivity contribution in [2.75, 3.05) is 12.4 Å². The molecule has 160 valence electrons. The number of thiophene rings is 1. The number of ketones is 1. The van der Waals surface area contributed by atoms with Gasteiger partial charge in [-0.05, 0) is 37.1 Å². The van der Waals surface area contributed by atoms with E-state index in [4.69, 9.17) is 9.72 Å². The van der Waals surface area contributed by atoms with Crippen LogP contribution in [0.3, 0.4) is 0 Å². The second-order valence-electron chi connectivity index (χ2n) is 7.68. The Kier molecular flexibility index (Phi) is 4.90. The number of benzene rings is 2. The van der Waals surface area contributed by atoms with E-state index < -0.39 is 0 Å². The number of carbonyl (C=O) groups is 2. The summed E-state index contributed by atoms with van der Waals surface area (Å²) in [5.74, 6) is 0.509. The molecule has 2 aromatic carbocycles. The molecule has 0 unspecified atom stereocenters. The number of methoxy groups -OCH3 is 1. The normalized spacial score (nSPS) is 15.1. The lowest BCUT2D eigenvalue weighted by molar-refractivity contribution is 0.0939. The number of Topliss-reactive ketones (excluding diaryl/α,β-unsaturated/α-hetero) is 1. The van der Waals surface area contributed by atoms with E-state index in [2.05, 4.69) is 10.6 Å². The largest absolute Gasteiger partial charge is 0.497 e. The molecule has 1 aliphatic heterocycles. The maximum Gasteiger partial charge on any atom is 0.265 e. The first kappa shape index (κ1) is 20.2. The number of hydrogen-bond donors (Lipinski definition) is 2. The molecular formula is C25H21N3O3S. The van der Waals surface area contributed by atoms with E-state index in [1.165, 1.54) is 11.3 Å². The summed E-state index contributed by atoms with van der Waals surface area (Å²) in [7, 11) is 1.62. The van der Waals surface area contributed by atoms with E-state index in [9.17, 15) is 9.59 Å². The second kappa shape index (κ2) is 7.76. The van der Waals surface area contributed by atoms with Crippen LogP contribution in [-0.4, -0.2) is 23.8 Å². The van der Waals surface area contributed by atoms with E-state index in [0.29, 0.717) is 21.8 Å². The van der Waals surface area contributed by atoms with Crippen molar-refractivity contribution < 1.29 is 14.3 Å². The van der Waals surface area contributed by atoms with Gasteiger partial charge in [-0.1, -0.05) is 42.5 Å². The molecular weight excluding hydrogens is 422 g/mol. The van der Waals surface area contributed by atoms with Crippen LogP contribution in [0.2, 0.25) is 0 Å². The molecule has 7 heteroatoms. The minimum atomic E-state index is -0.375. The van der Waals surface area contributed by atoms with Crippen LogP contribution in [0, 0.1) is 6.92 Å². The van der Waals surface area contributed by atoms with Crippen LogP contribution in [0.4, 0.5) is 5.69 Å². The first-order chi connectivity index (χ1) is 15.5. The predicted molar refractivity (Wildman–Crippen MR) is 127 cm³/mol. The van der Waals surface area contributed by atoms with Gasteiger partial charge in [-0.3, -0.25) is 9.59 Å². The molecule has 6 nitrogen and oxygen atoms in total. The van der Waals surface area contributed by atoms with Crippen LogP contribution in [-0.2, 0) is 0 Å². The first-order valence-corrected chi connectivity index (χ1v) is 11.0. The standard InChI is InChI=1S/C25H21N3O3S/c1-13-18(14(2)29)19(15-9-11-17(31-3)12-10-15)20-21-22(32-25(20)26-13)24(30)28-23(27-21)16-7-5-4-6-8-16/h4-12,23,27H,1-3H3,(H,28,30)/t23-/m1/s1. The number of carbonyl (C=O) groups excluding carboxylic acids is 2. The van der Waals surface area contributed by atoms with Crippen LogP contribution in [0.1, 0.15) is 44.4 Å². The average molecular weight is 444 g/mol. The van der Waals surface area contributed by atoms with Gasteiger partial charge in [0.25, 0.3) is 5.91 Å². The molecule has 0 saturated carbocycles. The van der Waals surface area contributed by atoms with Crippen molar-refractivity contribution in [2.45, 2.75) is 20.0 Å². The fraction of sp³-hybridized carbons (Fsp3) is 0.160. The first-order valence-electron chi connectivity index (χ1n) is 10.2. The molecule has 2 aromatic heterocycles. The lowest BCUT2D eigenvalue weighted by Crippen LogP contribution is -2.37. The van der Waals surface area contributed by atoms with Gasteiger partial charge in [0.05, 0.1) is 18.5 Å². The summed E-state index contributed by atoms with van der Waals surface area (Å²) in [5, 5.41) is 7.31. The topological polar surface area (TPSA) is 80.3 Å². The van der Waals surface area contributed by atoms with Gasteiger partial charge in [-0.15, -0.1) is 11.3 Å². The van der Waals surface area contributed by atoms with Gasteiger partial charge in [0, 0.05) is 16.5 Å². The van der Waals surface area contributed by atoms with Crippen molar-refractivity contribution in [3.05, 3.63) is 76.3 Å². The molecule has 3 heterocycles. The molecule has 32 heavy (non-hydrogen) atoms. The Labute approximate surface area is 189 Å². The minimum Gasteiger partial charge on any atom is -0.497 e. The highest BCUT2D eigenvalue weighted by Crippen LogP contribution is 2.46. The van der Waals surface area contributed by atoms with E-state index in [1.807, 2.05) is 61.5 Å². The molecule has 0 bridgehead atoms. The fourth-order valence-electron chi connectivity index (χ4n) is 4.21. The number of hydrogen-bond acceptors (Lipinski definition) is 6. The summed E-state index contributed by atoms with van der Waals surface area (Å²) >= 11 is 1.33. The van der Waals surface area contributed by atoms with E-state index in [1.54, 1.807) is 14.0 Å². The molecule has 4 aromatic rings. The van der Waals surface area contributed by atoms with Gasteiger partial charge in [0.15, 0.2) is 5.78 Å². The lowest BCUT2D eigenvalue weighted by Gasteiger charge is -2.27. The number of pyridine rings is 1. The van der Waals surface area contributed by atoms with E-state index >= 15 is 0 Å². The van der Waals surface area contributed by atoms with Crippen molar-refractivity contribution in [3.63, 3.8) is 0 Å². The van der Waals surface area contributed by atoms with Gasteiger partial charge in [0.2, 0.25) is 0 Å². The Morgan fingerprint density at radius 2 is 1.78 bits per heavy atom. The van der Waals surface area contributed by atoms with Crippen LogP contribution >= 0.6 is 11.3 Å². The maximum absolute atomic E-state index is 13.0. The zero-order valence-electron chi connectivity index (χ0n) is 17.9. The molecule has 5 rings (SSSR count). The molecule has 0 radical (unpaired) electrons. The summed E-state index contributed by atoms with van der Waals surface area (Å²) in [6.07, 6.45) is -0.375. The Hall–Kier alpha value is -3.71. The third-order valence-electron chi connectivity index (χ3n) is 5.65. The Morgan fingerprint density at radius 1 is 1.06 bits per heavy atom. The van der Waals surface area contributed by atoms with Crippen molar-refractivity contribution in [1.82, 2.24) is 10.3 Å². The van der Waals surface area contributed by atoms with E-state index in [-0.39, 0.29) is 17.9 Å². The molecule has 0 spiro atoms. The van der Waals surface area contributed by atoms with Crippen LogP contribution in [0.25, 0.3) is 21.3 Å². The van der Waals surface area contributed by atoms with Crippen LogP contribution in [0.15, 0.2) is 54.6 Å². The van der Waals surface area contributed by atoms with Gasteiger partial charge >= 0.3 is 0 Å². The Bertz CT molecular complexity index is 1360. The van der Waals surface area contributed by atoms with Crippen molar-refractivity contribution in [2.24, 2.45) is 0 Å². The van der Waals surface area contributed by atoms with Crippen molar-refractivity contribution >= 4 is 38.9 Å². The summed E-state index contributed by atoms with van der Waals surface area (Å²) < 4.78 is 5.30. The van der Waals surface area contributed by atoms with Gasteiger partial charge in [-0.25, -0.2) is 4.98 Å². The zero-order chi connectivity index (χ0) is 22.4. The number of fused-ring (bicyclic) bond motifs is 3. The number of nitrogens with one attached hydrogen (secondary N) is 2. The van der Waals surface area contributed by atoms with E-state index in [0.717, 1.165) is 32.7 Å². The summed E-state index contributed by atoms with van der Waals surface area (Å²) in [6, 6.07) is 17.3. The van der Waals surface area contributed by atoms with Gasteiger partial charge in [-0.2, -0.15) is 0 Å². The number of aryl methyl sites for hydroxylation is 1. The smallest absolute Gasteiger partial charge is 0.265 e. The molecule has 1 aliphatic rings. The van der Waals surface area contributed by atoms with Crippen LogP contribution in [0.5, 0.6) is 5.75 Å². The van der Waals surface area contributed by atoms with Crippen molar-refractivity contribution in [3.8, 4) is 16.9 Å². The number of anilines is 1. The lowest BCUT2D eigenvalue weighted by atomic mass is 9.93. The molecule has 0 aliphatic carbocycles. The molecule has 2 N–H and O–H groups in total. The summed E-state index contributed by atoms with van der Waals surface area (Å²) in [5.41, 5.74) is 4.53. The predicted octanol–water partition coefficient (Wildman–Crippen LogP) is 5.34. The SMILES string of the molecule is COc1ccc(-c2c(C(C)=O)c(C)nc3sc4c(c23)N[C@@H](c2ccccc2)NC4=O)cc1. The molecule has 1 atom stereocenters. The number of nitrogens with zero attached hydrogens (tertiary/aromatic N) is 1. The van der Waals surface area contributed by atoms with Gasteiger partial charge < -0.3 is 15.4 Å². The fourth-order valence-corrected chi connectivity index (χ4v) is 5.30. The quantitative estimate of drug-likeness (QED) is 0.416. The highest BCUT2D eigenvalue weighted by molar-refractivity contribution is 7.21. The molecule has 0 fully saturated rings. The molecule has 0 saturated heterocycles. The van der Waals surface area contributed by atoms with Crippen LogP contribution < -0.4 is 15.4 Å². The van der Waals surface area contributed by atoms with Crippen molar-refractivity contribution in [1.29, 1.82) is 0 Å². The monoisotopic (exact) mass is 443 g/mol. The third-order valence-corrected chi connectivity index (χ3v) is 6.74. The summed E-state index contributed by atoms with van der Waals surface area (Å²) in [4.78, 5) is 31.7. The Morgan fingerprint density at radius 3 is 2.44 bits per heavy atom. The number of amides is 1.